The van der Waals surface area contributed by atoms with Gasteiger partial charge in [-0.25, -0.2) is 4.79 Å². The molecule has 0 spiro atoms. The molecule has 7 nitrogen and oxygen atoms in total. The van der Waals surface area contributed by atoms with Gasteiger partial charge in [0.25, 0.3) is 5.91 Å². The van der Waals surface area contributed by atoms with Crippen LogP contribution in [-0.2, 0) is 0 Å². The average molecular weight is 598 g/mol. The van der Waals surface area contributed by atoms with Crippen molar-refractivity contribution in [1.29, 1.82) is 0 Å². The molecule has 1 fully saturated rings. The van der Waals surface area contributed by atoms with Crippen LogP contribution in [0.3, 0.4) is 0 Å². The predicted molar refractivity (Wildman–Crippen MR) is 160 cm³/mol. The van der Waals surface area contributed by atoms with Crippen molar-refractivity contribution in [2.24, 2.45) is 0 Å². The second-order valence-corrected chi connectivity index (χ2v) is 10.6. The Bertz CT molecular complexity index is 1370. The molecule has 0 aromatic heterocycles. The van der Waals surface area contributed by atoms with E-state index in [1.807, 2.05) is 24.0 Å². The van der Waals surface area contributed by atoms with Gasteiger partial charge >= 0.3 is 12.4 Å². The minimum Gasteiger partial charge on any atom is -0.490 e. The standard InChI is InChI=1S/C33H38F3N3O4/c1-3-4-5-6-19-37-32(41)39-20-17-26(18-21-39)42-28-11-8-10-25(22-28)38-31(40)29-12-7-9-23(2)30(29)24-13-15-27(16-14-24)43-33(34,35)36/h7-16,22,26H,3-6,17-21H2,1-2H3,(H,37,41)(H,38,40). The van der Waals surface area contributed by atoms with Gasteiger partial charge in [0, 0.05) is 49.8 Å². The third-order valence-electron chi connectivity index (χ3n) is 7.32. The van der Waals surface area contributed by atoms with Crippen molar-refractivity contribution in [3.8, 4) is 22.6 Å². The number of carbonyl (C=O) groups is 2. The van der Waals surface area contributed by atoms with Crippen molar-refractivity contribution in [3.05, 3.63) is 77.9 Å². The monoisotopic (exact) mass is 597 g/mol. The lowest BCUT2D eigenvalue weighted by atomic mass is 9.94. The van der Waals surface area contributed by atoms with Gasteiger partial charge in [-0.15, -0.1) is 13.2 Å². The van der Waals surface area contributed by atoms with Crippen LogP contribution in [0.2, 0.25) is 0 Å². The summed E-state index contributed by atoms with van der Waals surface area (Å²) in [5, 5.41) is 5.92. The number of likely N-dealkylation sites (tertiary alicyclic amines) is 1. The normalized spacial score (nSPS) is 13.8. The van der Waals surface area contributed by atoms with Crippen molar-refractivity contribution in [3.63, 3.8) is 0 Å². The molecule has 0 radical (unpaired) electrons. The van der Waals surface area contributed by atoms with Crippen molar-refractivity contribution < 1.29 is 32.2 Å². The molecule has 0 aliphatic carbocycles. The molecule has 0 unspecified atom stereocenters. The van der Waals surface area contributed by atoms with Crippen LogP contribution in [0.1, 0.15) is 61.4 Å². The molecule has 1 aliphatic rings. The van der Waals surface area contributed by atoms with Gasteiger partial charge in [-0.3, -0.25) is 4.79 Å². The second kappa shape index (κ2) is 14.8. The van der Waals surface area contributed by atoms with Crippen molar-refractivity contribution >= 4 is 17.6 Å². The summed E-state index contributed by atoms with van der Waals surface area (Å²) < 4.78 is 47.9. The minimum absolute atomic E-state index is 0.0271. The largest absolute Gasteiger partial charge is 0.573 e. The Balaban J connectivity index is 1.35. The number of aryl methyl sites for hydroxylation is 1. The predicted octanol–water partition coefficient (Wildman–Crippen LogP) is 7.95. The highest BCUT2D eigenvalue weighted by atomic mass is 19.4. The zero-order chi connectivity index (χ0) is 30.8. The number of carbonyl (C=O) groups excluding carboxylic acids is 2. The first-order valence-corrected chi connectivity index (χ1v) is 14.7. The van der Waals surface area contributed by atoms with Crippen molar-refractivity contribution in [2.45, 2.75) is 64.8 Å². The number of urea groups is 1. The molecule has 1 aliphatic heterocycles. The molecule has 4 rings (SSSR count). The quantitative estimate of drug-likeness (QED) is 0.220. The number of ether oxygens (including phenoxy) is 2. The number of hydrogen-bond acceptors (Lipinski definition) is 4. The fourth-order valence-corrected chi connectivity index (χ4v) is 5.14. The van der Waals surface area contributed by atoms with E-state index in [0.717, 1.165) is 24.8 Å². The molecule has 0 saturated carbocycles. The molecule has 43 heavy (non-hydrogen) atoms. The highest BCUT2D eigenvalue weighted by Crippen LogP contribution is 2.32. The van der Waals surface area contributed by atoms with Gasteiger partial charge in [0.1, 0.15) is 17.6 Å². The molecule has 1 heterocycles. The molecule has 3 aromatic rings. The number of rotatable bonds is 11. The zero-order valence-electron chi connectivity index (χ0n) is 24.5. The fourth-order valence-electron chi connectivity index (χ4n) is 5.14. The van der Waals surface area contributed by atoms with Crippen LogP contribution in [0.25, 0.3) is 11.1 Å². The lowest BCUT2D eigenvalue weighted by Crippen LogP contribution is -2.46. The second-order valence-electron chi connectivity index (χ2n) is 10.6. The third-order valence-corrected chi connectivity index (χ3v) is 7.32. The van der Waals surface area contributed by atoms with E-state index < -0.39 is 6.36 Å². The molecule has 0 bridgehead atoms. The highest BCUT2D eigenvalue weighted by Gasteiger charge is 2.31. The van der Waals surface area contributed by atoms with E-state index in [0.29, 0.717) is 60.6 Å². The van der Waals surface area contributed by atoms with E-state index in [4.69, 9.17) is 4.74 Å². The van der Waals surface area contributed by atoms with Crippen LogP contribution in [0.4, 0.5) is 23.7 Å². The Hall–Kier alpha value is -4.21. The summed E-state index contributed by atoms with van der Waals surface area (Å²) in [5.74, 6) is -0.0822. The fraction of sp³-hybridized carbons (Fsp3) is 0.394. The average Bonchev–Trinajstić information content (AvgIpc) is 2.97. The number of hydrogen-bond donors (Lipinski definition) is 2. The number of alkyl halides is 3. The molecule has 1 saturated heterocycles. The van der Waals surface area contributed by atoms with Crippen LogP contribution in [0.5, 0.6) is 11.5 Å². The first-order chi connectivity index (χ1) is 20.6. The Morgan fingerprint density at radius 1 is 0.930 bits per heavy atom. The highest BCUT2D eigenvalue weighted by molar-refractivity contribution is 6.09. The van der Waals surface area contributed by atoms with Gasteiger partial charge < -0.3 is 25.0 Å². The van der Waals surface area contributed by atoms with Crippen molar-refractivity contribution in [1.82, 2.24) is 10.2 Å². The number of nitrogens with one attached hydrogen (secondary N) is 2. The zero-order valence-corrected chi connectivity index (χ0v) is 24.5. The van der Waals surface area contributed by atoms with E-state index in [1.54, 1.807) is 30.3 Å². The van der Waals surface area contributed by atoms with E-state index in [1.165, 1.54) is 30.7 Å². The molecule has 3 aromatic carbocycles. The molecule has 2 N–H and O–H groups in total. The van der Waals surface area contributed by atoms with Crippen LogP contribution in [-0.4, -0.2) is 48.9 Å². The van der Waals surface area contributed by atoms with E-state index in [2.05, 4.69) is 22.3 Å². The number of halogens is 3. The van der Waals surface area contributed by atoms with E-state index in [9.17, 15) is 22.8 Å². The Morgan fingerprint density at radius 2 is 1.65 bits per heavy atom. The number of nitrogens with zero attached hydrogens (tertiary/aromatic N) is 1. The first-order valence-electron chi connectivity index (χ1n) is 14.7. The van der Waals surface area contributed by atoms with Gasteiger partial charge in [0.2, 0.25) is 0 Å². The van der Waals surface area contributed by atoms with Crippen molar-refractivity contribution in [2.75, 3.05) is 25.0 Å². The van der Waals surface area contributed by atoms with Crippen LogP contribution in [0, 0.1) is 6.92 Å². The smallest absolute Gasteiger partial charge is 0.490 e. The Morgan fingerprint density at radius 3 is 2.35 bits per heavy atom. The summed E-state index contributed by atoms with van der Waals surface area (Å²) in [7, 11) is 0. The first kappa shape index (κ1) is 31.7. The molecular formula is C33H38F3N3O4. The van der Waals surface area contributed by atoms with Gasteiger partial charge in [0.05, 0.1) is 0 Å². The van der Waals surface area contributed by atoms with Gasteiger partial charge in [-0.05, 0) is 60.4 Å². The number of piperidine rings is 1. The van der Waals surface area contributed by atoms with Crippen LogP contribution >= 0.6 is 0 Å². The summed E-state index contributed by atoms with van der Waals surface area (Å²) >= 11 is 0. The summed E-state index contributed by atoms with van der Waals surface area (Å²) in [4.78, 5) is 27.6. The maximum Gasteiger partial charge on any atom is 0.573 e. The summed E-state index contributed by atoms with van der Waals surface area (Å²) in [6.07, 6.45) is 1.04. The van der Waals surface area contributed by atoms with Gasteiger partial charge in [0.15, 0.2) is 0 Å². The van der Waals surface area contributed by atoms with Gasteiger partial charge in [-0.1, -0.05) is 56.5 Å². The van der Waals surface area contributed by atoms with Gasteiger partial charge in [-0.2, -0.15) is 0 Å². The lowest BCUT2D eigenvalue weighted by molar-refractivity contribution is -0.274. The number of benzene rings is 3. The summed E-state index contributed by atoms with van der Waals surface area (Å²) in [6, 6.07) is 17.8. The van der Waals surface area contributed by atoms with Crippen LogP contribution in [0.15, 0.2) is 66.7 Å². The maximum atomic E-state index is 13.4. The number of amides is 3. The van der Waals surface area contributed by atoms with E-state index in [-0.39, 0.29) is 23.8 Å². The minimum atomic E-state index is -4.78. The third kappa shape index (κ3) is 9.39. The number of unbranched alkanes of at least 4 members (excludes halogenated alkanes) is 3. The SMILES string of the molecule is CCCCCCNC(=O)N1CCC(Oc2cccc(NC(=O)c3cccc(C)c3-c3ccc(OC(F)(F)F)cc3)c2)CC1. The Kier molecular flexibility index (Phi) is 10.9. The number of anilines is 1. The summed E-state index contributed by atoms with van der Waals surface area (Å²) in [6.45, 7) is 5.92. The Labute approximate surface area is 250 Å². The molecule has 230 valence electrons. The molecule has 10 heteroatoms. The van der Waals surface area contributed by atoms with E-state index >= 15 is 0 Å². The van der Waals surface area contributed by atoms with Crippen LogP contribution < -0.4 is 20.1 Å². The lowest BCUT2D eigenvalue weighted by Gasteiger charge is -2.32. The maximum absolute atomic E-state index is 13.4. The molecule has 3 amide bonds. The topological polar surface area (TPSA) is 79.9 Å². The molecule has 0 atom stereocenters. The molecular weight excluding hydrogens is 559 g/mol. The summed E-state index contributed by atoms with van der Waals surface area (Å²) in [5.41, 5.74) is 2.93.